The van der Waals surface area contributed by atoms with Crippen molar-refractivity contribution < 1.29 is 19.1 Å². The van der Waals surface area contributed by atoms with E-state index in [4.69, 9.17) is 14.7 Å². The number of nitrogens with zero attached hydrogens (tertiary/aromatic N) is 2. The van der Waals surface area contributed by atoms with Crippen LogP contribution in [0.3, 0.4) is 0 Å². The highest BCUT2D eigenvalue weighted by Gasteiger charge is 2.17. The number of ketones is 1. The zero-order valence-electron chi connectivity index (χ0n) is 14.5. The van der Waals surface area contributed by atoms with E-state index in [1.54, 1.807) is 13.2 Å². The summed E-state index contributed by atoms with van der Waals surface area (Å²) in [6, 6.07) is 9.83. The fourth-order valence-corrected chi connectivity index (χ4v) is 2.58. The SMILES string of the molecule is COCCn1c(C)cc(C(=O)COC(=O)c2ccc(C#N)cc2)c1C. The number of methoxy groups -OCH3 is 1. The predicted octanol–water partition coefficient (Wildman–Crippen LogP) is 2.66. The van der Waals surface area contributed by atoms with E-state index in [1.165, 1.54) is 24.3 Å². The van der Waals surface area contributed by atoms with Crippen LogP contribution in [0, 0.1) is 25.2 Å². The van der Waals surface area contributed by atoms with Crippen molar-refractivity contribution in [2.24, 2.45) is 0 Å². The van der Waals surface area contributed by atoms with Crippen molar-refractivity contribution in [3.63, 3.8) is 0 Å². The molecule has 0 bridgehead atoms. The number of Topliss-reactive ketones (excluding diaryl/α,β-unsaturated/α-hetero) is 1. The van der Waals surface area contributed by atoms with Crippen LogP contribution >= 0.6 is 0 Å². The van der Waals surface area contributed by atoms with Crippen molar-refractivity contribution in [2.75, 3.05) is 20.3 Å². The van der Waals surface area contributed by atoms with Crippen LogP contribution in [-0.4, -0.2) is 36.6 Å². The zero-order valence-corrected chi connectivity index (χ0v) is 14.5. The van der Waals surface area contributed by atoms with E-state index in [0.717, 1.165) is 11.4 Å². The quantitative estimate of drug-likeness (QED) is 0.572. The van der Waals surface area contributed by atoms with Gasteiger partial charge in [0, 0.05) is 30.6 Å². The Bertz CT molecular complexity index is 813. The standard InChI is InChI=1S/C19H20N2O4/c1-13-10-17(14(2)21(13)8-9-24-3)18(22)12-25-19(23)16-6-4-15(11-20)5-7-16/h4-7,10H,8-9,12H2,1-3H3. The summed E-state index contributed by atoms with van der Waals surface area (Å²) in [5, 5.41) is 8.75. The molecular formula is C19H20N2O4. The van der Waals surface area contributed by atoms with Crippen molar-refractivity contribution in [2.45, 2.75) is 20.4 Å². The van der Waals surface area contributed by atoms with Crippen molar-refractivity contribution in [1.29, 1.82) is 5.26 Å². The minimum atomic E-state index is -0.592. The van der Waals surface area contributed by atoms with E-state index in [1.807, 2.05) is 24.5 Å². The summed E-state index contributed by atoms with van der Waals surface area (Å²) in [7, 11) is 1.63. The van der Waals surface area contributed by atoms with Crippen LogP contribution in [0.2, 0.25) is 0 Å². The first-order valence-electron chi connectivity index (χ1n) is 7.84. The zero-order chi connectivity index (χ0) is 18.4. The van der Waals surface area contributed by atoms with Gasteiger partial charge in [0.15, 0.2) is 6.61 Å². The number of hydrogen-bond donors (Lipinski definition) is 0. The lowest BCUT2D eigenvalue weighted by molar-refractivity contribution is 0.0474. The molecule has 0 aliphatic heterocycles. The summed E-state index contributed by atoms with van der Waals surface area (Å²) in [4.78, 5) is 24.4. The maximum absolute atomic E-state index is 12.4. The molecule has 0 N–H and O–H groups in total. The van der Waals surface area contributed by atoms with Crippen LogP contribution in [0.5, 0.6) is 0 Å². The van der Waals surface area contributed by atoms with Crippen LogP contribution in [0.1, 0.15) is 37.7 Å². The Morgan fingerprint density at radius 1 is 1.20 bits per heavy atom. The van der Waals surface area contributed by atoms with Crippen LogP contribution in [-0.2, 0) is 16.0 Å². The van der Waals surface area contributed by atoms with Gasteiger partial charge >= 0.3 is 5.97 Å². The molecule has 0 atom stereocenters. The predicted molar refractivity (Wildman–Crippen MR) is 91.6 cm³/mol. The van der Waals surface area contributed by atoms with Crippen LogP contribution in [0.15, 0.2) is 30.3 Å². The maximum atomic E-state index is 12.4. The molecule has 0 unspecified atom stereocenters. The minimum Gasteiger partial charge on any atom is -0.454 e. The number of esters is 1. The summed E-state index contributed by atoms with van der Waals surface area (Å²) in [5.41, 5.74) is 3.08. The molecule has 6 nitrogen and oxygen atoms in total. The highest BCUT2D eigenvalue weighted by molar-refractivity contribution is 6.00. The second-order valence-corrected chi connectivity index (χ2v) is 5.62. The van der Waals surface area contributed by atoms with Gasteiger partial charge in [-0.1, -0.05) is 0 Å². The first kappa shape index (κ1) is 18.4. The van der Waals surface area contributed by atoms with Gasteiger partial charge in [-0.15, -0.1) is 0 Å². The third-order valence-electron chi connectivity index (χ3n) is 3.98. The number of carbonyl (C=O) groups excluding carboxylic acids is 2. The molecule has 25 heavy (non-hydrogen) atoms. The van der Waals surface area contributed by atoms with Crippen molar-refractivity contribution >= 4 is 11.8 Å². The Hall–Kier alpha value is -2.91. The fourth-order valence-electron chi connectivity index (χ4n) is 2.58. The Kier molecular flexibility index (Phi) is 6.09. The second kappa shape index (κ2) is 8.27. The normalized spacial score (nSPS) is 10.3. The number of benzene rings is 1. The first-order chi connectivity index (χ1) is 12.0. The molecule has 130 valence electrons. The van der Waals surface area contributed by atoms with E-state index in [0.29, 0.717) is 29.8 Å². The van der Waals surface area contributed by atoms with Gasteiger partial charge in [0.2, 0.25) is 5.78 Å². The number of rotatable bonds is 7. The highest BCUT2D eigenvalue weighted by atomic mass is 16.5. The number of nitriles is 1. The molecule has 0 aliphatic carbocycles. The molecular weight excluding hydrogens is 320 g/mol. The Morgan fingerprint density at radius 2 is 1.88 bits per heavy atom. The van der Waals surface area contributed by atoms with E-state index in [-0.39, 0.29) is 12.4 Å². The van der Waals surface area contributed by atoms with Gasteiger partial charge in [-0.2, -0.15) is 5.26 Å². The summed E-state index contributed by atoms with van der Waals surface area (Å²) < 4.78 is 12.2. The number of ether oxygens (including phenoxy) is 2. The topological polar surface area (TPSA) is 81.3 Å². The van der Waals surface area contributed by atoms with Gasteiger partial charge in [0.1, 0.15) is 0 Å². The second-order valence-electron chi connectivity index (χ2n) is 5.62. The van der Waals surface area contributed by atoms with Crippen LogP contribution in [0.25, 0.3) is 0 Å². The fraction of sp³-hybridized carbons (Fsp3) is 0.316. The Balaban J connectivity index is 2.02. The van der Waals surface area contributed by atoms with Gasteiger partial charge in [-0.25, -0.2) is 4.79 Å². The van der Waals surface area contributed by atoms with Gasteiger partial charge in [0.05, 0.1) is 23.8 Å². The van der Waals surface area contributed by atoms with Gasteiger partial charge in [0.25, 0.3) is 0 Å². The number of carbonyl (C=O) groups is 2. The van der Waals surface area contributed by atoms with Crippen molar-refractivity contribution in [3.05, 3.63) is 58.4 Å². The van der Waals surface area contributed by atoms with Gasteiger partial charge < -0.3 is 14.0 Å². The molecule has 0 fully saturated rings. The summed E-state index contributed by atoms with van der Waals surface area (Å²) in [5.74, 6) is -0.843. The Labute approximate surface area is 146 Å². The van der Waals surface area contributed by atoms with Gasteiger partial charge in [-0.3, -0.25) is 4.79 Å². The lowest BCUT2D eigenvalue weighted by Gasteiger charge is -2.09. The molecule has 0 aliphatic rings. The maximum Gasteiger partial charge on any atom is 0.338 e. The largest absolute Gasteiger partial charge is 0.454 e. The van der Waals surface area contributed by atoms with Crippen molar-refractivity contribution in [1.82, 2.24) is 4.57 Å². The molecule has 6 heteroatoms. The van der Waals surface area contributed by atoms with Gasteiger partial charge in [-0.05, 0) is 44.2 Å². The molecule has 1 aromatic carbocycles. The highest BCUT2D eigenvalue weighted by Crippen LogP contribution is 2.16. The molecule has 1 heterocycles. The smallest absolute Gasteiger partial charge is 0.338 e. The van der Waals surface area contributed by atoms with E-state index in [2.05, 4.69) is 0 Å². The molecule has 0 spiro atoms. The molecule has 0 radical (unpaired) electrons. The lowest BCUT2D eigenvalue weighted by Crippen LogP contribution is -2.15. The molecule has 2 rings (SSSR count). The molecule has 0 saturated carbocycles. The molecule has 0 saturated heterocycles. The minimum absolute atomic E-state index is 0.251. The summed E-state index contributed by atoms with van der Waals surface area (Å²) in [6.45, 7) is 4.66. The number of aromatic nitrogens is 1. The third-order valence-corrected chi connectivity index (χ3v) is 3.98. The molecule has 1 aromatic heterocycles. The lowest BCUT2D eigenvalue weighted by atomic mass is 10.1. The number of hydrogen-bond acceptors (Lipinski definition) is 5. The van der Waals surface area contributed by atoms with E-state index >= 15 is 0 Å². The number of aryl methyl sites for hydroxylation is 1. The third kappa shape index (κ3) is 4.34. The van der Waals surface area contributed by atoms with E-state index in [9.17, 15) is 9.59 Å². The van der Waals surface area contributed by atoms with Crippen LogP contribution < -0.4 is 0 Å². The molecule has 0 amide bonds. The molecule has 2 aromatic rings. The monoisotopic (exact) mass is 340 g/mol. The average Bonchev–Trinajstić information content (AvgIpc) is 2.91. The van der Waals surface area contributed by atoms with Crippen LogP contribution in [0.4, 0.5) is 0 Å². The van der Waals surface area contributed by atoms with E-state index < -0.39 is 5.97 Å². The Morgan fingerprint density at radius 3 is 2.48 bits per heavy atom. The summed E-state index contributed by atoms with van der Waals surface area (Å²) in [6.07, 6.45) is 0. The summed E-state index contributed by atoms with van der Waals surface area (Å²) >= 11 is 0. The van der Waals surface area contributed by atoms with Crippen molar-refractivity contribution in [3.8, 4) is 6.07 Å². The first-order valence-corrected chi connectivity index (χ1v) is 7.84. The average molecular weight is 340 g/mol.